The van der Waals surface area contributed by atoms with Crippen LogP contribution in [0.15, 0.2) is 29.3 Å². The summed E-state index contributed by atoms with van der Waals surface area (Å²) >= 11 is 1.98. The predicted molar refractivity (Wildman–Crippen MR) is 109 cm³/mol. The third-order valence-electron chi connectivity index (χ3n) is 4.19. The maximum Gasteiger partial charge on any atom is 0.241 e. The minimum absolute atomic E-state index is 0.0350. The molecule has 0 spiro atoms. The molecule has 0 aliphatic carbocycles. The van der Waals surface area contributed by atoms with Gasteiger partial charge in [-0.3, -0.25) is 4.79 Å². The summed E-state index contributed by atoms with van der Waals surface area (Å²) in [7, 11) is 5.19. The number of thioether (sulfide) groups is 1. The average Bonchev–Trinajstić information content (AvgIpc) is 2.61. The zero-order valence-electron chi connectivity index (χ0n) is 16.4. The number of carbonyl (C=O) groups excluding carboxylic acids is 1. The summed E-state index contributed by atoms with van der Waals surface area (Å²) in [6, 6.07) is 7.91. The third-order valence-corrected chi connectivity index (χ3v) is 5.49. The van der Waals surface area contributed by atoms with Crippen molar-refractivity contribution in [3.8, 4) is 5.75 Å². The van der Waals surface area contributed by atoms with E-state index in [2.05, 4.69) is 24.1 Å². The Bertz CT molecular complexity index is 629. The van der Waals surface area contributed by atoms with E-state index in [4.69, 9.17) is 9.73 Å². The van der Waals surface area contributed by atoms with E-state index in [0.717, 1.165) is 36.1 Å². The molecule has 1 aromatic carbocycles. The first-order chi connectivity index (χ1) is 12.3. The lowest BCUT2D eigenvalue weighted by Gasteiger charge is -2.39. The van der Waals surface area contributed by atoms with E-state index in [9.17, 15) is 4.79 Å². The maximum atomic E-state index is 12.0. The van der Waals surface area contributed by atoms with Crippen molar-refractivity contribution in [1.82, 2.24) is 15.1 Å². The van der Waals surface area contributed by atoms with Gasteiger partial charge in [0.2, 0.25) is 5.91 Å². The second kappa shape index (κ2) is 9.16. The van der Waals surface area contributed by atoms with Gasteiger partial charge in [0.15, 0.2) is 5.96 Å². The molecule has 6 nitrogen and oxygen atoms in total. The van der Waals surface area contributed by atoms with Gasteiger partial charge >= 0.3 is 0 Å². The standard InChI is InChI=1S/C19H30N4O2S/c1-19(2)14-23(10-11-26-19)18(21-13-17(24)22(3)4)20-12-15-6-8-16(25-5)9-7-15/h6-9H,10-14H2,1-5H3,(H,20,21). The van der Waals surface area contributed by atoms with Gasteiger partial charge in [0.1, 0.15) is 5.75 Å². The smallest absolute Gasteiger partial charge is 0.241 e. The molecule has 0 radical (unpaired) electrons. The molecule has 2 rings (SSSR count). The summed E-state index contributed by atoms with van der Waals surface area (Å²) in [5.41, 5.74) is 1.11. The van der Waals surface area contributed by atoms with Crippen LogP contribution in [0.1, 0.15) is 19.4 Å². The van der Waals surface area contributed by atoms with Crippen LogP contribution in [0.25, 0.3) is 0 Å². The number of ether oxygens (including phenoxy) is 1. The summed E-state index contributed by atoms with van der Waals surface area (Å²) in [6.07, 6.45) is 0. The van der Waals surface area contributed by atoms with Crippen molar-refractivity contribution in [2.75, 3.05) is 46.6 Å². The van der Waals surface area contributed by atoms with Crippen LogP contribution in [0.2, 0.25) is 0 Å². The number of rotatable bonds is 5. The van der Waals surface area contributed by atoms with Gasteiger partial charge in [-0.15, -0.1) is 0 Å². The zero-order chi connectivity index (χ0) is 19.2. The van der Waals surface area contributed by atoms with Crippen molar-refractivity contribution in [2.24, 2.45) is 4.99 Å². The molecule has 0 aromatic heterocycles. The minimum atomic E-state index is 0.0350. The molecule has 1 aliphatic rings. The molecule has 1 aliphatic heterocycles. The average molecular weight is 379 g/mol. The van der Waals surface area contributed by atoms with Crippen molar-refractivity contribution in [2.45, 2.75) is 25.1 Å². The molecule has 144 valence electrons. The monoisotopic (exact) mass is 378 g/mol. The molecular formula is C19H30N4O2S. The lowest BCUT2D eigenvalue weighted by atomic mass is 10.2. The topological polar surface area (TPSA) is 57.2 Å². The molecule has 1 amide bonds. The van der Waals surface area contributed by atoms with Crippen LogP contribution in [0.3, 0.4) is 0 Å². The van der Waals surface area contributed by atoms with Gasteiger partial charge in [-0.2, -0.15) is 11.8 Å². The van der Waals surface area contributed by atoms with Crippen LogP contribution in [-0.4, -0.2) is 73.0 Å². The second-order valence-corrected chi connectivity index (χ2v) is 8.96. The minimum Gasteiger partial charge on any atom is -0.497 e. The van der Waals surface area contributed by atoms with E-state index >= 15 is 0 Å². The number of benzene rings is 1. The highest BCUT2D eigenvalue weighted by atomic mass is 32.2. The Morgan fingerprint density at radius 2 is 2.04 bits per heavy atom. The fourth-order valence-corrected chi connectivity index (χ4v) is 3.79. The Morgan fingerprint density at radius 3 is 2.62 bits per heavy atom. The normalized spacial score (nSPS) is 17.0. The van der Waals surface area contributed by atoms with E-state index in [1.165, 1.54) is 0 Å². The van der Waals surface area contributed by atoms with Gasteiger partial charge in [-0.05, 0) is 31.5 Å². The number of guanidine groups is 1. The number of hydrogen-bond donors (Lipinski definition) is 1. The number of carbonyl (C=O) groups is 1. The van der Waals surface area contributed by atoms with Crippen LogP contribution in [-0.2, 0) is 11.3 Å². The van der Waals surface area contributed by atoms with E-state index in [-0.39, 0.29) is 17.2 Å². The molecule has 0 unspecified atom stereocenters. The molecule has 0 bridgehead atoms. The highest BCUT2D eigenvalue weighted by molar-refractivity contribution is 8.00. The van der Waals surface area contributed by atoms with Gasteiger partial charge < -0.3 is 19.9 Å². The molecule has 0 saturated carbocycles. The van der Waals surface area contributed by atoms with Crippen LogP contribution < -0.4 is 10.1 Å². The number of hydrogen-bond acceptors (Lipinski definition) is 4. The molecule has 1 aromatic rings. The molecule has 26 heavy (non-hydrogen) atoms. The van der Waals surface area contributed by atoms with Gasteiger partial charge in [0.25, 0.3) is 0 Å². The van der Waals surface area contributed by atoms with Crippen LogP contribution in [0.5, 0.6) is 5.75 Å². The molecule has 0 atom stereocenters. The van der Waals surface area contributed by atoms with Crippen molar-refractivity contribution >= 4 is 23.6 Å². The quantitative estimate of drug-likeness (QED) is 0.628. The van der Waals surface area contributed by atoms with Crippen LogP contribution in [0, 0.1) is 0 Å². The number of nitrogens with zero attached hydrogens (tertiary/aromatic N) is 3. The molecule has 1 saturated heterocycles. The van der Waals surface area contributed by atoms with E-state index in [1.807, 2.05) is 36.0 Å². The lowest BCUT2D eigenvalue weighted by molar-refractivity contribution is -0.127. The lowest BCUT2D eigenvalue weighted by Crippen LogP contribution is -2.52. The first kappa shape index (κ1) is 20.4. The fraction of sp³-hybridized carbons (Fsp3) is 0.579. The van der Waals surface area contributed by atoms with E-state index < -0.39 is 0 Å². The summed E-state index contributed by atoms with van der Waals surface area (Å²) in [6.45, 7) is 7.14. The Hall–Kier alpha value is -1.89. The Balaban J connectivity index is 2.11. The van der Waals surface area contributed by atoms with E-state index in [1.54, 1.807) is 26.1 Å². The number of nitrogens with one attached hydrogen (secondary N) is 1. The highest BCUT2D eigenvalue weighted by Gasteiger charge is 2.29. The molecular weight excluding hydrogens is 348 g/mol. The SMILES string of the molecule is COc1ccc(CN=C(NCC(=O)N(C)C)N2CCSC(C)(C)C2)cc1. The predicted octanol–water partition coefficient (Wildman–Crippen LogP) is 2.06. The van der Waals surface area contributed by atoms with Crippen molar-refractivity contribution < 1.29 is 9.53 Å². The van der Waals surface area contributed by atoms with Crippen molar-refractivity contribution in [1.29, 1.82) is 0 Å². The molecule has 7 heteroatoms. The van der Waals surface area contributed by atoms with Crippen molar-refractivity contribution in [3.63, 3.8) is 0 Å². The first-order valence-electron chi connectivity index (χ1n) is 8.81. The number of aliphatic imine (C=N–C) groups is 1. The van der Waals surface area contributed by atoms with E-state index in [0.29, 0.717) is 6.54 Å². The highest BCUT2D eigenvalue weighted by Crippen LogP contribution is 2.29. The summed E-state index contributed by atoms with van der Waals surface area (Å²) in [4.78, 5) is 20.6. The van der Waals surface area contributed by atoms with Crippen molar-refractivity contribution in [3.05, 3.63) is 29.8 Å². The number of methoxy groups -OCH3 is 1. The first-order valence-corrected chi connectivity index (χ1v) is 9.79. The third kappa shape index (κ3) is 6.12. The van der Waals surface area contributed by atoms with Crippen LogP contribution in [0.4, 0.5) is 0 Å². The van der Waals surface area contributed by atoms with Gasteiger partial charge in [0.05, 0.1) is 20.2 Å². The summed E-state index contributed by atoms with van der Waals surface area (Å²) in [5.74, 6) is 2.72. The largest absolute Gasteiger partial charge is 0.497 e. The van der Waals surface area contributed by atoms with Gasteiger partial charge in [-0.25, -0.2) is 4.99 Å². The Kier molecular flexibility index (Phi) is 7.20. The summed E-state index contributed by atoms with van der Waals surface area (Å²) < 4.78 is 5.37. The Labute approximate surface area is 161 Å². The maximum absolute atomic E-state index is 12.0. The molecule has 1 heterocycles. The van der Waals surface area contributed by atoms with Gasteiger partial charge in [-0.1, -0.05) is 12.1 Å². The zero-order valence-corrected chi connectivity index (χ0v) is 17.2. The molecule has 1 fully saturated rings. The summed E-state index contributed by atoms with van der Waals surface area (Å²) in [5, 5.41) is 3.25. The van der Waals surface area contributed by atoms with Gasteiger partial charge in [0, 0.05) is 37.7 Å². The number of likely N-dealkylation sites (N-methyl/N-ethyl adjacent to an activating group) is 1. The number of amides is 1. The fourth-order valence-electron chi connectivity index (χ4n) is 2.67. The second-order valence-electron chi connectivity index (χ2n) is 7.16. The van der Waals surface area contributed by atoms with Crippen LogP contribution >= 0.6 is 11.8 Å². The molecule has 1 N–H and O–H groups in total. The Morgan fingerprint density at radius 1 is 1.35 bits per heavy atom.